The third-order valence-corrected chi connectivity index (χ3v) is 16.1. The molecular formula is C72H98MgN8O8+2. The van der Waals surface area contributed by atoms with Gasteiger partial charge in [-0.05, 0) is 99.9 Å². The van der Waals surface area contributed by atoms with Gasteiger partial charge in [0.15, 0.2) is 62.9 Å². The maximum atomic E-state index is 6.65. The molecule has 9 rings (SSSR count). The van der Waals surface area contributed by atoms with E-state index in [1.165, 1.54) is 0 Å². The Morgan fingerprint density at radius 2 is 0.427 bits per heavy atom. The van der Waals surface area contributed by atoms with Crippen molar-refractivity contribution in [1.29, 1.82) is 0 Å². The van der Waals surface area contributed by atoms with E-state index in [0.29, 0.717) is 145 Å². The fourth-order valence-electron chi connectivity index (χ4n) is 11.0. The third-order valence-electron chi connectivity index (χ3n) is 16.1. The van der Waals surface area contributed by atoms with Crippen molar-refractivity contribution in [3.05, 3.63) is 48.5 Å². The van der Waals surface area contributed by atoms with E-state index in [9.17, 15) is 0 Å². The van der Waals surface area contributed by atoms with Crippen molar-refractivity contribution in [3.63, 3.8) is 0 Å². The molecule has 0 amide bonds. The van der Waals surface area contributed by atoms with Gasteiger partial charge in [0, 0.05) is 32.8 Å². The van der Waals surface area contributed by atoms with Crippen LogP contribution in [0.2, 0.25) is 0 Å². The Labute approximate surface area is 544 Å². The van der Waals surface area contributed by atoms with E-state index in [2.05, 4.69) is 65.4 Å². The smallest absolute Gasteiger partial charge is 0.490 e. The van der Waals surface area contributed by atoms with Crippen molar-refractivity contribution in [2.24, 2.45) is 0 Å². The second kappa shape index (κ2) is 35.7. The molecule has 2 aliphatic heterocycles. The van der Waals surface area contributed by atoms with E-state index in [0.717, 1.165) is 198 Å². The number of rotatable bonds is 40. The fourth-order valence-corrected chi connectivity index (χ4v) is 11.0. The molecule has 2 N–H and O–H groups in total. The summed E-state index contributed by atoms with van der Waals surface area (Å²) in [6.07, 6.45) is 24.3. The van der Waals surface area contributed by atoms with Crippen LogP contribution in [-0.4, -0.2) is 95.8 Å². The second-order valence-electron chi connectivity index (χ2n) is 23.4. The van der Waals surface area contributed by atoms with Crippen LogP contribution in [0.15, 0.2) is 48.5 Å². The first kappa shape index (κ1) is 68.3. The molecule has 16 nitrogen and oxygen atoms in total. The van der Waals surface area contributed by atoms with Crippen molar-refractivity contribution in [1.82, 2.24) is 29.9 Å². The van der Waals surface area contributed by atoms with Gasteiger partial charge in [0.05, 0.1) is 69.5 Å². The topological polar surface area (TPSA) is 182 Å². The molecule has 8 bridgehead atoms. The zero-order valence-corrected chi connectivity index (χ0v) is 56.3. The monoisotopic (exact) mass is 1230 g/mol. The number of nitrogens with one attached hydrogen (secondary N) is 2. The van der Waals surface area contributed by atoms with Gasteiger partial charge < -0.3 is 47.9 Å². The van der Waals surface area contributed by atoms with Crippen molar-refractivity contribution in [3.8, 4) is 91.5 Å². The zero-order chi connectivity index (χ0) is 61.5. The summed E-state index contributed by atoms with van der Waals surface area (Å²) in [5, 5.41) is 2.99. The van der Waals surface area contributed by atoms with E-state index in [-0.39, 0.29) is 23.1 Å². The molecule has 0 fully saturated rings. The average molecular weight is 1230 g/mol. The van der Waals surface area contributed by atoms with Crippen LogP contribution in [0.3, 0.4) is 0 Å². The molecule has 0 atom stereocenters. The standard InChI is InChI=1S/C72H96N8O8.Mg/c1-9-17-25-33-81-57-41-49-50(42-58(57)82-34-26-18-10-2)66-73-65(49)77-67-51-43-59(83-35-27-19-11-3)60(84-36-28-20-12-4)44-52(51)69(74-67)79-71-55-47-63(87-39-31-23-15-7)64(88-40-32-24-16-8)48-56(55)72(76-71)80-70-54-46-62(86-38-30-22-14-6)61(85-37-29-21-13-5)45-53(54)68(75-70)78-66;/h41-48H,9-40H2,1-8H3;/q-2;+2/p+2. The van der Waals surface area contributed by atoms with E-state index >= 15 is 0 Å². The van der Waals surface area contributed by atoms with Crippen molar-refractivity contribution < 1.29 is 47.9 Å². The van der Waals surface area contributed by atoms with Crippen LogP contribution >= 0.6 is 0 Å². The molecule has 0 radical (unpaired) electrons. The maximum absolute atomic E-state index is 6.65. The molecule has 3 aromatic heterocycles. The summed E-state index contributed by atoms with van der Waals surface area (Å²) < 4.78 is 53.2. The summed E-state index contributed by atoms with van der Waals surface area (Å²) in [4.78, 5) is 40.2. The number of aromatic amines is 2. The van der Waals surface area contributed by atoms with Gasteiger partial charge in [0.1, 0.15) is 5.82 Å². The molecule has 0 spiro atoms. The summed E-state index contributed by atoms with van der Waals surface area (Å²) in [6.45, 7) is 21.9. The van der Waals surface area contributed by atoms with Gasteiger partial charge in [0.25, 0.3) is 17.5 Å². The van der Waals surface area contributed by atoms with Crippen LogP contribution < -0.4 is 57.8 Å². The molecular weight excluding hydrogens is 1130 g/mol. The summed E-state index contributed by atoms with van der Waals surface area (Å²) in [5.74, 6) is 7.22. The minimum Gasteiger partial charge on any atom is -0.490 e. The largest absolute Gasteiger partial charge is 2.00 e. The molecule has 17 heteroatoms. The van der Waals surface area contributed by atoms with Gasteiger partial charge in [-0.25, -0.2) is 4.98 Å². The number of fused-ring (bicyclic) bond motifs is 20. The minimum absolute atomic E-state index is 0. The molecule has 4 aromatic carbocycles. The SMILES string of the molecule is CCCCCOc1cc2c(cc1OCCCCC)-c1nc3[n-]c(nc4[nH+]c(nc5[n-]c(nc-2[nH+]1)c1cc(OCCCCC)c(OCCCCC)cc51)-c1cc(OCCCCC)c(OCCCCC)cc1-4)c1cc(OCCCCC)c(OCCCCC)cc31.[Mg+2]. The predicted octanol–water partition coefficient (Wildman–Crippen LogP) is 17.1. The summed E-state index contributed by atoms with van der Waals surface area (Å²) in [5.41, 5.74) is 4.87. The van der Waals surface area contributed by atoms with Gasteiger partial charge in [-0.3, -0.25) is 9.97 Å². The Bertz CT molecular complexity index is 3100. The Kier molecular flexibility index (Phi) is 27.4. The third kappa shape index (κ3) is 17.9. The van der Waals surface area contributed by atoms with Crippen molar-refractivity contribution >= 4 is 67.2 Å². The van der Waals surface area contributed by atoms with Crippen molar-refractivity contribution in [2.45, 2.75) is 209 Å². The zero-order valence-electron chi connectivity index (χ0n) is 54.9. The summed E-state index contributed by atoms with van der Waals surface area (Å²) >= 11 is 0. The predicted molar refractivity (Wildman–Crippen MR) is 357 cm³/mol. The van der Waals surface area contributed by atoms with Crippen LogP contribution in [0.1, 0.15) is 209 Å². The number of unbranched alkanes of at least 4 members (excludes halogenated alkanes) is 16. The number of nitrogens with zero attached hydrogens (tertiary/aromatic N) is 6. The number of ether oxygens (including phenoxy) is 8. The summed E-state index contributed by atoms with van der Waals surface area (Å²) in [7, 11) is 0. The molecule has 0 aliphatic carbocycles. The van der Waals surface area contributed by atoms with Gasteiger partial charge in [-0.2, -0.15) is 0 Å². The molecule has 2 aliphatic rings. The van der Waals surface area contributed by atoms with Gasteiger partial charge in [0.2, 0.25) is 0 Å². The van der Waals surface area contributed by atoms with E-state index in [1.54, 1.807) is 0 Å². The van der Waals surface area contributed by atoms with Crippen molar-refractivity contribution in [2.75, 3.05) is 52.9 Å². The Balaban J connectivity index is 0.0000102. The van der Waals surface area contributed by atoms with Crippen LogP contribution in [0.5, 0.6) is 46.0 Å². The quantitative estimate of drug-likeness (QED) is 0.0261. The van der Waals surface area contributed by atoms with E-state index < -0.39 is 0 Å². The number of benzene rings is 4. The van der Waals surface area contributed by atoms with Crippen LogP contribution in [0.25, 0.3) is 89.7 Å². The Hall–Kier alpha value is -6.59. The number of aromatic nitrogens is 8. The van der Waals surface area contributed by atoms with Crippen LogP contribution in [0, 0.1) is 0 Å². The Morgan fingerprint density at radius 3 is 0.596 bits per heavy atom. The minimum atomic E-state index is 0. The number of hydrogen-bond donors (Lipinski definition) is 0. The molecule has 0 saturated carbocycles. The molecule has 0 saturated heterocycles. The molecule has 7 aromatic rings. The number of hydrogen-bond acceptors (Lipinski definition) is 12. The first-order valence-corrected chi connectivity index (χ1v) is 33.9. The van der Waals surface area contributed by atoms with Gasteiger partial charge in [-0.15, -0.1) is 0 Å². The molecule has 474 valence electrons. The molecule has 5 heterocycles. The van der Waals surface area contributed by atoms with Gasteiger partial charge >= 0.3 is 23.1 Å². The number of H-pyrrole nitrogens is 2. The molecule has 89 heavy (non-hydrogen) atoms. The van der Waals surface area contributed by atoms with Gasteiger partial charge in [-0.1, -0.05) is 173 Å². The first-order chi connectivity index (χ1) is 43.3. The maximum Gasteiger partial charge on any atom is 2.00 e. The first-order valence-electron chi connectivity index (χ1n) is 33.9. The second-order valence-corrected chi connectivity index (χ2v) is 23.4. The summed E-state index contributed by atoms with van der Waals surface area (Å²) in [6, 6.07) is 16.3. The van der Waals surface area contributed by atoms with Crippen LogP contribution in [-0.2, 0) is 0 Å². The fraction of sp³-hybridized carbons (Fsp3) is 0.556. The molecule has 0 unspecified atom stereocenters. The Morgan fingerprint density at radius 1 is 0.258 bits per heavy atom. The van der Waals surface area contributed by atoms with E-state index in [1.807, 2.05) is 48.5 Å². The average Bonchev–Trinajstić information content (AvgIpc) is 1.82. The normalized spacial score (nSPS) is 11.6. The van der Waals surface area contributed by atoms with Crippen LogP contribution in [0.4, 0.5) is 0 Å². The van der Waals surface area contributed by atoms with E-state index in [4.69, 9.17) is 67.8 Å².